The quantitative estimate of drug-likeness (QED) is 0.160. The number of aliphatic hydroxyl groups is 1. The first-order chi connectivity index (χ1) is 22.5. The molecule has 3 aliphatic rings. The number of ketones is 2. The first-order valence-electron chi connectivity index (χ1n) is 15.9. The number of allylic oxidation sites excluding steroid dienone is 1. The molecule has 0 amide bonds. The van der Waals surface area contributed by atoms with E-state index in [1.807, 2.05) is 72.8 Å². The predicted octanol–water partition coefficient (Wildman–Crippen LogP) is 6.68. The van der Waals surface area contributed by atoms with Crippen molar-refractivity contribution in [2.24, 2.45) is 17.8 Å². The van der Waals surface area contributed by atoms with Crippen LogP contribution in [0.5, 0.6) is 5.75 Å². The zero-order chi connectivity index (χ0) is 31.6. The Morgan fingerprint density at radius 3 is 2.28 bits per heavy atom. The first-order valence-corrected chi connectivity index (χ1v) is 15.9. The second-order valence-corrected chi connectivity index (χ2v) is 12.2. The molecule has 0 unspecified atom stereocenters. The van der Waals surface area contributed by atoms with Crippen molar-refractivity contribution >= 4 is 30.3 Å². The summed E-state index contributed by atoms with van der Waals surface area (Å²) in [7, 11) is -1.07. The van der Waals surface area contributed by atoms with Gasteiger partial charge in [0.1, 0.15) is 30.5 Å². The summed E-state index contributed by atoms with van der Waals surface area (Å²) in [6.45, 7) is 0.0788. The Bertz CT molecular complexity index is 1790. The molecule has 1 saturated heterocycles. The summed E-state index contributed by atoms with van der Waals surface area (Å²) < 4.78 is 18.3. The van der Waals surface area contributed by atoms with E-state index in [0.29, 0.717) is 47.7 Å². The van der Waals surface area contributed by atoms with Gasteiger partial charge < -0.3 is 23.9 Å². The van der Waals surface area contributed by atoms with E-state index >= 15 is 0 Å². The lowest BCUT2D eigenvalue weighted by Crippen LogP contribution is -2.51. The van der Waals surface area contributed by atoms with E-state index in [2.05, 4.69) is 0 Å². The van der Waals surface area contributed by atoms with Gasteiger partial charge in [0.2, 0.25) is 0 Å². The van der Waals surface area contributed by atoms with Crippen molar-refractivity contribution in [3.05, 3.63) is 136 Å². The largest absolute Gasteiger partial charge is 0.489 e. The summed E-state index contributed by atoms with van der Waals surface area (Å²) >= 11 is 0. The molecule has 4 atom stereocenters. The van der Waals surface area contributed by atoms with Crippen LogP contribution >= 0.6 is 0 Å². The number of para-hydroxylation sites is 1. The van der Waals surface area contributed by atoms with Gasteiger partial charge in [-0.1, -0.05) is 72.8 Å². The summed E-state index contributed by atoms with van der Waals surface area (Å²) in [4.78, 5) is 27.9. The number of ether oxygens (including phenoxy) is 1. The van der Waals surface area contributed by atoms with Crippen LogP contribution in [0.25, 0.3) is 11.6 Å². The molecule has 0 spiro atoms. The molecule has 1 aliphatic heterocycles. The van der Waals surface area contributed by atoms with Crippen LogP contribution in [-0.2, 0) is 11.3 Å². The number of carbonyl (C=O) groups is 2. The highest BCUT2D eigenvalue weighted by Gasteiger charge is 2.53. The molecule has 2 heterocycles. The van der Waals surface area contributed by atoms with Gasteiger partial charge in [-0.05, 0) is 84.1 Å². The molecule has 1 aromatic heterocycles. The Labute approximate surface area is 268 Å². The molecular formula is C38H35BO7. The summed E-state index contributed by atoms with van der Waals surface area (Å²) in [6.07, 6.45) is 3.24. The standard InChI is InChI=1S/C38H35BO7/c40-22-29-17-16-28(45-29)19-25(24-9-3-1-4-10-24)15-18-34-35-26(23-44-27-11-5-2-6-12-27)20-32-36(33(35)21-39(43)46-34)38(42)31-14-8-7-13-30(31)37(32)41/h1-14,16-17,19,32-34,36,40,43H,15,18,20-23H2/b25-19-/t32-,33+,34-,36-/m1/s1. The zero-order valence-electron chi connectivity index (χ0n) is 25.4. The van der Waals surface area contributed by atoms with E-state index in [-0.39, 0.29) is 37.0 Å². The number of aliphatic hydroxyl groups excluding tert-OH is 1. The van der Waals surface area contributed by atoms with Gasteiger partial charge in [-0.2, -0.15) is 0 Å². The fraction of sp³-hybridized carbons (Fsp3) is 0.263. The lowest BCUT2D eigenvalue weighted by atomic mass is 9.54. The summed E-state index contributed by atoms with van der Waals surface area (Å²) in [5.41, 5.74) is 4.89. The van der Waals surface area contributed by atoms with Gasteiger partial charge in [-0.3, -0.25) is 9.59 Å². The topological polar surface area (TPSA) is 106 Å². The maximum atomic E-state index is 14.1. The van der Waals surface area contributed by atoms with Crippen LogP contribution in [0.1, 0.15) is 57.1 Å². The third-order valence-electron chi connectivity index (χ3n) is 9.49. The van der Waals surface area contributed by atoms with Crippen molar-refractivity contribution in [1.29, 1.82) is 0 Å². The molecule has 1 fully saturated rings. The van der Waals surface area contributed by atoms with Crippen molar-refractivity contribution in [3.63, 3.8) is 0 Å². The van der Waals surface area contributed by atoms with Gasteiger partial charge in [0.05, 0.1) is 6.10 Å². The molecule has 2 N–H and O–H groups in total. The minimum atomic E-state index is -1.07. The minimum absolute atomic E-state index is 0.0241. The summed E-state index contributed by atoms with van der Waals surface area (Å²) in [6, 6.07) is 30.2. The highest BCUT2D eigenvalue weighted by molar-refractivity contribution is 6.43. The Morgan fingerprint density at radius 2 is 1.57 bits per heavy atom. The molecule has 8 heteroatoms. The predicted molar refractivity (Wildman–Crippen MR) is 175 cm³/mol. The number of carbonyl (C=O) groups excluding carboxylic acids is 2. The van der Waals surface area contributed by atoms with Gasteiger partial charge in [0.15, 0.2) is 11.6 Å². The average molecular weight is 615 g/mol. The van der Waals surface area contributed by atoms with E-state index in [0.717, 1.165) is 22.3 Å². The van der Waals surface area contributed by atoms with Gasteiger partial charge in [-0.25, -0.2) is 0 Å². The Hall–Kier alpha value is -4.50. The molecule has 2 aliphatic carbocycles. The Morgan fingerprint density at radius 1 is 0.870 bits per heavy atom. The number of furan rings is 1. The van der Waals surface area contributed by atoms with Crippen LogP contribution in [0, 0.1) is 17.8 Å². The minimum Gasteiger partial charge on any atom is -0.489 e. The molecule has 0 bridgehead atoms. The normalized spacial score (nSPS) is 22.7. The highest BCUT2D eigenvalue weighted by Crippen LogP contribution is 2.51. The monoisotopic (exact) mass is 614 g/mol. The van der Waals surface area contributed by atoms with Crippen molar-refractivity contribution in [2.45, 2.75) is 38.3 Å². The summed E-state index contributed by atoms with van der Waals surface area (Å²) in [5.74, 6) is 0.330. The van der Waals surface area contributed by atoms with Crippen LogP contribution in [0.4, 0.5) is 0 Å². The molecular weight excluding hydrogens is 579 g/mol. The van der Waals surface area contributed by atoms with Crippen molar-refractivity contribution in [2.75, 3.05) is 6.61 Å². The second kappa shape index (κ2) is 13.1. The van der Waals surface area contributed by atoms with Crippen LogP contribution < -0.4 is 4.74 Å². The van der Waals surface area contributed by atoms with E-state index in [9.17, 15) is 19.7 Å². The number of hydrogen-bond donors (Lipinski definition) is 2. The molecule has 0 saturated carbocycles. The van der Waals surface area contributed by atoms with E-state index in [1.165, 1.54) is 0 Å². The van der Waals surface area contributed by atoms with Gasteiger partial charge >= 0.3 is 7.12 Å². The van der Waals surface area contributed by atoms with E-state index in [1.54, 1.807) is 30.3 Å². The van der Waals surface area contributed by atoms with Gasteiger partial charge in [0.25, 0.3) is 0 Å². The molecule has 7 nitrogen and oxygen atoms in total. The summed E-state index contributed by atoms with van der Waals surface area (Å²) in [5, 5.41) is 20.6. The Balaban J connectivity index is 1.25. The maximum absolute atomic E-state index is 14.1. The smallest absolute Gasteiger partial charge is 0.455 e. The lowest BCUT2D eigenvalue weighted by molar-refractivity contribution is 0.0593. The highest BCUT2D eigenvalue weighted by atomic mass is 16.5. The fourth-order valence-electron chi connectivity index (χ4n) is 7.46. The fourth-order valence-corrected chi connectivity index (χ4v) is 7.46. The number of hydrogen-bond acceptors (Lipinski definition) is 7. The third-order valence-corrected chi connectivity index (χ3v) is 9.49. The van der Waals surface area contributed by atoms with E-state index in [4.69, 9.17) is 13.8 Å². The molecule has 232 valence electrons. The van der Waals surface area contributed by atoms with Crippen LogP contribution in [0.3, 0.4) is 0 Å². The molecule has 7 rings (SSSR count). The Kier molecular flexibility index (Phi) is 8.58. The lowest BCUT2D eigenvalue weighted by Gasteiger charge is -2.47. The molecule has 3 aromatic carbocycles. The number of fused-ring (bicyclic) bond motifs is 4. The van der Waals surface area contributed by atoms with Crippen molar-refractivity contribution in [3.8, 4) is 5.75 Å². The van der Waals surface area contributed by atoms with Crippen LogP contribution in [0.15, 0.2) is 113 Å². The number of Topliss-reactive ketones (excluding diaryl/α,β-unsaturated/α-hetero) is 2. The number of benzene rings is 3. The van der Waals surface area contributed by atoms with Crippen molar-refractivity contribution < 1.29 is 33.5 Å². The first kappa shape index (κ1) is 30.2. The molecule has 46 heavy (non-hydrogen) atoms. The zero-order valence-corrected chi connectivity index (χ0v) is 25.4. The SMILES string of the molecule is O=C1c2ccccc2C(=O)[C@@H]2CC(COc3ccccc3)=C3[C@@H](CC/C(=C/c4ccc(CO)o4)c4ccccc4)OB(O)C[C@@H]3[C@H]12. The maximum Gasteiger partial charge on any atom is 0.455 e. The van der Waals surface area contributed by atoms with Crippen LogP contribution in [-0.4, -0.2) is 41.5 Å². The molecule has 0 radical (unpaired) electrons. The average Bonchev–Trinajstić information content (AvgIpc) is 3.56. The van der Waals surface area contributed by atoms with E-state index < -0.39 is 25.1 Å². The van der Waals surface area contributed by atoms with Crippen molar-refractivity contribution in [1.82, 2.24) is 0 Å². The van der Waals surface area contributed by atoms with Gasteiger partial charge in [-0.15, -0.1) is 0 Å². The molecule has 4 aromatic rings. The van der Waals surface area contributed by atoms with Gasteiger partial charge in [0, 0.05) is 23.0 Å². The third kappa shape index (κ3) is 5.92. The number of rotatable bonds is 9. The second-order valence-electron chi connectivity index (χ2n) is 12.2. The van der Waals surface area contributed by atoms with Crippen LogP contribution in [0.2, 0.25) is 6.32 Å².